The van der Waals surface area contributed by atoms with Crippen molar-refractivity contribution in [1.29, 1.82) is 0 Å². The lowest BCUT2D eigenvalue weighted by atomic mass is 9.87. The van der Waals surface area contributed by atoms with Crippen LogP contribution in [0.1, 0.15) is 43.5 Å². The number of H-pyrrole nitrogens is 1. The van der Waals surface area contributed by atoms with Crippen molar-refractivity contribution in [2.45, 2.75) is 32.2 Å². The average molecular weight is 457 g/mol. The monoisotopic (exact) mass is 456 g/mol. The molecule has 1 atom stereocenters. The van der Waals surface area contributed by atoms with Gasteiger partial charge in [-0.25, -0.2) is 0 Å². The highest BCUT2D eigenvalue weighted by atomic mass is 16.5. The first kappa shape index (κ1) is 23.4. The van der Waals surface area contributed by atoms with Crippen LogP contribution in [0.2, 0.25) is 0 Å². The first-order valence-electron chi connectivity index (χ1n) is 11.5. The molecule has 1 N–H and O–H groups in total. The van der Waals surface area contributed by atoms with Crippen molar-refractivity contribution < 1.29 is 14.3 Å². The molecule has 4 rings (SSSR count). The maximum absolute atomic E-state index is 13.3. The number of hydrogen-bond acceptors (Lipinski definition) is 3. The van der Waals surface area contributed by atoms with Gasteiger partial charge in [0, 0.05) is 29.7 Å². The molecule has 3 aromatic carbocycles. The first-order valence-corrected chi connectivity index (χ1v) is 11.5. The Bertz CT molecular complexity index is 1250. The number of hydrogen-bond donors (Lipinski definition) is 1. The number of amides is 1. The second kappa shape index (κ2) is 9.64. The van der Waals surface area contributed by atoms with E-state index in [4.69, 9.17) is 9.47 Å². The van der Waals surface area contributed by atoms with Crippen molar-refractivity contribution in [2.24, 2.45) is 0 Å². The largest absolute Gasteiger partial charge is 0.497 e. The number of carbonyl (C=O) groups excluding carboxylic acids is 1. The fraction of sp³-hybridized carbons (Fsp3) is 0.276. The molecule has 0 aliphatic heterocycles. The van der Waals surface area contributed by atoms with E-state index < -0.39 is 0 Å². The third-order valence-electron chi connectivity index (χ3n) is 6.21. The highest BCUT2D eigenvalue weighted by Crippen LogP contribution is 2.34. The minimum atomic E-state index is -0.276. The van der Waals surface area contributed by atoms with Crippen LogP contribution in [-0.4, -0.2) is 36.6 Å². The van der Waals surface area contributed by atoms with Crippen molar-refractivity contribution >= 4 is 16.8 Å². The molecule has 0 fully saturated rings. The third kappa shape index (κ3) is 4.93. The summed E-state index contributed by atoms with van der Waals surface area (Å²) in [5, 5.41) is 1.08. The van der Waals surface area contributed by atoms with Crippen LogP contribution in [-0.2, 0) is 10.2 Å². The molecule has 0 aliphatic rings. The quantitative estimate of drug-likeness (QED) is 0.366. The summed E-state index contributed by atoms with van der Waals surface area (Å²) in [4.78, 5) is 18.4. The molecule has 0 radical (unpaired) electrons. The number of likely N-dealkylation sites (N-methyl/N-ethyl adjacent to an activating group) is 1. The van der Waals surface area contributed by atoms with E-state index in [1.807, 2.05) is 67.8 Å². The molecule has 0 unspecified atom stereocenters. The Hall–Kier alpha value is -3.73. The van der Waals surface area contributed by atoms with E-state index in [9.17, 15) is 4.79 Å². The van der Waals surface area contributed by atoms with Gasteiger partial charge in [0.05, 0.1) is 13.2 Å². The molecular formula is C29H32N2O3. The highest BCUT2D eigenvalue weighted by molar-refractivity contribution is 5.85. The van der Waals surface area contributed by atoms with Gasteiger partial charge < -0.3 is 19.4 Å². The number of aromatic amines is 1. The molecular weight excluding hydrogens is 424 g/mol. The molecule has 0 aliphatic carbocycles. The zero-order valence-electron chi connectivity index (χ0n) is 20.5. The van der Waals surface area contributed by atoms with Crippen LogP contribution < -0.4 is 9.47 Å². The van der Waals surface area contributed by atoms with Gasteiger partial charge in [0.1, 0.15) is 11.5 Å². The van der Waals surface area contributed by atoms with Crippen LogP contribution in [0, 0.1) is 0 Å². The predicted molar refractivity (Wildman–Crippen MR) is 137 cm³/mol. The Morgan fingerprint density at radius 1 is 0.941 bits per heavy atom. The topological polar surface area (TPSA) is 54.6 Å². The number of methoxy groups -OCH3 is 1. The van der Waals surface area contributed by atoms with E-state index in [2.05, 4.69) is 44.0 Å². The lowest BCUT2D eigenvalue weighted by Crippen LogP contribution is -2.35. The number of ether oxygens (including phenoxy) is 2. The molecule has 4 aromatic rings. The molecule has 5 nitrogen and oxygen atoms in total. The molecule has 5 heteroatoms. The Morgan fingerprint density at radius 3 is 2.24 bits per heavy atom. The maximum atomic E-state index is 13.3. The number of fused-ring (bicyclic) bond motifs is 1. The first-order chi connectivity index (χ1) is 16.3. The molecule has 1 aromatic heterocycles. The average Bonchev–Trinajstić information content (AvgIpc) is 3.26. The van der Waals surface area contributed by atoms with Crippen molar-refractivity contribution in [3.8, 4) is 11.5 Å². The van der Waals surface area contributed by atoms with E-state index >= 15 is 0 Å². The zero-order valence-corrected chi connectivity index (χ0v) is 20.5. The predicted octanol–water partition coefficient (Wildman–Crippen LogP) is 6.10. The second-order valence-electron chi connectivity index (χ2n) is 9.53. The van der Waals surface area contributed by atoms with Gasteiger partial charge in [0.15, 0.2) is 6.61 Å². The minimum Gasteiger partial charge on any atom is -0.497 e. The molecule has 34 heavy (non-hydrogen) atoms. The molecule has 176 valence electrons. The summed E-state index contributed by atoms with van der Waals surface area (Å²) in [5.41, 5.74) is 4.36. The second-order valence-corrected chi connectivity index (χ2v) is 9.53. The summed E-state index contributed by atoms with van der Waals surface area (Å²) >= 11 is 0. The summed E-state index contributed by atoms with van der Waals surface area (Å²) in [5.74, 6) is 1.35. The minimum absolute atomic E-state index is 0.0413. The molecule has 1 heterocycles. The molecule has 1 amide bonds. The number of para-hydroxylation sites is 1. The van der Waals surface area contributed by atoms with Gasteiger partial charge in [-0.05, 0) is 46.9 Å². The van der Waals surface area contributed by atoms with E-state index in [0.29, 0.717) is 5.75 Å². The Kier molecular flexibility index (Phi) is 6.64. The molecule has 0 bridgehead atoms. The molecule has 0 spiro atoms. The Labute approximate surface area is 201 Å². The zero-order chi connectivity index (χ0) is 24.3. The lowest BCUT2D eigenvalue weighted by Gasteiger charge is -2.29. The van der Waals surface area contributed by atoms with Crippen LogP contribution in [0.15, 0.2) is 79.0 Å². The van der Waals surface area contributed by atoms with Crippen LogP contribution in [0.5, 0.6) is 11.5 Å². The number of rotatable bonds is 7. The van der Waals surface area contributed by atoms with E-state index in [-0.39, 0.29) is 24.0 Å². The van der Waals surface area contributed by atoms with Gasteiger partial charge in [0.25, 0.3) is 5.91 Å². The van der Waals surface area contributed by atoms with Crippen molar-refractivity contribution in [1.82, 2.24) is 9.88 Å². The SMILES string of the molecule is COc1ccc([C@@H](c2c[nH]c3ccccc23)N(C)C(=O)COc2ccc(C(C)(C)C)cc2)cc1. The summed E-state index contributed by atoms with van der Waals surface area (Å²) in [6.45, 7) is 6.47. The van der Waals surface area contributed by atoms with Crippen LogP contribution >= 0.6 is 0 Å². The third-order valence-corrected chi connectivity index (χ3v) is 6.21. The molecule has 0 saturated carbocycles. The Balaban J connectivity index is 1.58. The van der Waals surface area contributed by atoms with Gasteiger partial charge in [-0.15, -0.1) is 0 Å². The van der Waals surface area contributed by atoms with Crippen molar-refractivity contribution in [2.75, 3.05) is 20.8 Å². The maximum Gasteiger partial charge on any atom is 0.261 e. The van der Waals surface area contributed by atoms with E-state index in [1.165, 1.54) is 5.56 Å². The van der Waals surface area contributed by atoms with Crippen LogP contribution in [0.25, 0.3) is 10.9 Å². The normalized spacial score (nSPS) is 12.4. The van der Waals surface area contributed by atoms with Gasteiger partial charge in [-0.3, -0.25) is 4.79 Å². The van der Waals surface area contributed by atoms with Crippen molar-refractivity contribution in [3.63, 3.8) is 0 Å². The molecule has 0 saturated heterocycles. The number of benzene rings is 3. The fourth-order valence-corrected chi connectivity index (χ4v) is 4.16. The van der Waals surface area contributed by atoms with Gasteiger partial charge in [0.2, 0.25) is 0 Å². The van der Waals surface area contributed by atoms with Gasteiger partial charge in [-0.1, -0.05) is 63.2 Å². The summed E-state index contributed by atoms with van der Waals surface area (Å²) in [6, 6.07) is 23.6. The summed E-state index contributed by atoms with van der Waals surface area (Å²) in [6.07, 6.45) is 1.98. The number of nitrogens with one attached hydrogen (secondary N) is 1. The van der Waals surface area contributed by atoms with E-state index in [1.54, 1.807) is 12.0 Å². The van der Waals surface area contributed by atoms with Crippen molar-refractivity contribution in [3.05, 3.63) is 95.7 Å². The van der Waals surface area contributed by atoms with Gasteiger partial charge >= 0.3 is 0 Å². The Morgan fingerprint density at radius 2 is 1.59 bits per heavy atom. The van der Waals surface area contributed by atoms with Crippen LogP contribution in [0.4, 0.5) is 0 Å². The fourth-order valence-electron chi connectivity index (χ4n) is 4.16. The van der Waals surface area contributed by atoms with E-state index in [0.717, 1.165) is 27.8 Å². The highest BCUT2D eigenvalue weighted by Gasteiger charge is 2.26. The number of nitrogens with zero attached hydrogens (tertiary/aromatic N) is 1. The lowest BCUT2D eigenvalue weighted by molar-refractivity contribution is -0.133. The summed E-state index contributed by atoms with van der Waals surface area (Å²) < 4.78 is 11.2. The van der Waals surface area contributed by atoms with Crippen LogP contribution in [0.3, 0.4) is 0 Å². The number of carbonyl (C=O) groups is 1. The smallest absolute Gasteiger partial charge is 0.261 e. The number of aromatic nitrogens is 1. The van der Waals surface area contributed by atoms with Gasteiger partial charge in [-0.2, -0.15) is 0 Å². The standard InChI is InChI=1S/C29H32N2O3/c1-29(2,3)21-12-16-23(17-13-21)34-19-27(32)31(4)28(20-10-14-22(33-5)15-11-20)25-18-30-26-9-7-6-8-24(25)26/h6-18,28,30H,19H2,1-5H3/t28-/m0/s1. The summed E-state index contributed by atoms with van der Waals surface area (Å²) in [7, 11) is 3.47.